The van der Waals surface area contributed by atoms with Crippen LogP contribution in [0.3, 0.4) is 0 Å². The van der Waals surface area contributed by atoms with E-state index in [1.54, 1.807) is 61.2 Å². The second kappa shape index (κ2) is 7.53. The summed E-state index contributed by atoms with van der Waals surface area (Å²) >= 11 is 0. The van der Waals surface area contributed by atoms with Gasteiger partial charge in [0.2, 0.25) is 5.78 Å². The molecule has 152 valence electrons. The van der Waals surface area contributed by atoms with E-state index in [1.165, 1.54) is 4.90 Å². The Bertz CT molecular complexity index is 1280. The quantitative estimate of drug-likeness (QED) is 0.499. The molecule has 7 heteroatoms. The lowest BCUT2D eigenvalue weighted by Crippen LogP contribution is -2.30. The molecule has 0 saturated heterocycles. The van der Waals surface area contributed by atoms with Gasteiger partial charge in [0.05, 0.1) is 11.6 Å². The molecule has 1 N–H and O–H groups in total. The SMILES string of the molecule is O=C(C1=C(O)C(=O)N(Cc2ccncc2)C1c1ccncc1)c1cc2ccccc2o1. The highest BCUT2D eigenvalue weighted by molar-refractivity contribution is 6.15. The summed E-state index contributed by atoms with van der Waals surface area (Å²) in [5, 5.41) is 11.5. The summed E-state index contributed by atoms with van der Waals surface area (Å²) in [6.45, 7) is 0.204. The number of hydrogen-bond donors (Lipinski definition) is 1. The summed E-state index contributed by atoms with van der Waals surface area (Å²) < 4.78 is 5.72. The molecule has 1 aliphatic heterocycles. The van der Waals surface area contributed by atoms with Crippen molar-refractivity contribution in [3.05, 3.63) is 108 Å². The van der Waals surface area contributed by atoms with Gasteiger partial charge in [-0.2, -0.15) is 0 Å². The number of aliphatic hydroxyl groups excluding tert-OH is 1. The normalized spacial score (nSPS) is 16.3. The number of aliphatic hydroxyl groups is 1. The van der Waals surface area contributed by atoms with Gasteiger partial charge in [-0.1, -0.05) is 18.2 Å². The lowest BCUT2D eigenvalue weighted by atomic mass is 9.95. The molecule has 0 fully saturated rings. The molecular weight excluding hydrogens is 394 g/mol. The smallest absolute Gasteiger partial charge is 0.290 e. The van der Waals surface area contributed by atoms with Gasteiger partial charge in [-0.15, -0.1) is 0 Å². The number of carbonyl (C=O) groups is 2. The summed E-state index contributed by atoms with van der Waals surface area (Å²) in [5.74, 6) is -1.64. The van der Waals surface area contributed by atoms with Crippen LogP contribution < -0.4 is 0 Å². The Labute approximate surface area is 177 Å². The van der Waals surface area contributed by atoms with Gasteiger partial charge in [-0.05, 0) is 47.5 Å². The van der Waals surface area contributed by atoms with Gasteiger partial charge in [0.15, 0.2) is 11.5 Å². The van der Waals surface area contributed by atoms with Crippen molar-refractivity contribution in [2.24, 2.45) is 0 Å². The first-order chi connectivity index (χ1) is 15.1. The molecule has 0 bridgehead atoms. The first-order valence-corrected chi connectivity index (χ1v) is 9.69. The minimum atomic E-state index is -0.774. The molecule has 1 amide bonds. The standard InChI is InChI=1S/C24H17N3O4/c28-22(19-13-17-3-1-2-4-18(17)31-19)20-21(16-7-11-26-12-8-16)27(24(30)23(20)29)14-15-5-9-25-10-6-15/h1-13,21,29H,14H2. The van der Waals surface area contributed by atoms with Crippen molar-refractivity contribution in [3.8, 4) is 0 Å². The number of furan rings is 1. The second-order valence-corrected chi connectivity index (χ2v) is 7.21. The Morgan fingerprint density at radius 1 is 1.00 bits per heavy atom. The van der Waals surface area contributed by atoms with E-state index in [-0.39, 0.29) is 17.9 Å². The predicted octanol–water partition coefficient (Wildman–Crippen LogP) is 4.00. The maximum atomic E-state index is 13.4. The van der Waals surface area contributed by atoms with E-state index in [9.17, 15) is 14.7 Å². The van der Waals surface area contributed by atoms with Gasteiger partial charge >= 0.3 is 0 Å². The molecule has 1 unspecified atom stereocenters. The number of benzene rings is 1. The zero-order chi connectivity index (χ0) is 21.4. The van der Waals surface area contributed by atoms with Crippen molar-refractivity contribution in [2.75, 3.05) is 0 Å². The Hall–Kier alpha value is -4.26. The molecular formula is C24H17N3O4. The summed E-state index contributed by atoms with van der Waals surface area (Å²) in [6, 6.07) is 15.1. The molecule has 0 spiro atoms. The van der Waals surface area contributed by atoms with Crippen LogP contribution in [0.2, 0.25) is 0 Å². The van der Waals surface area contributed by atoms with E-state index in [2.05, 4.69) is 9.97 Å². The summed E-state index contributed by atoms with van der Waals surface area (Å²) in [7, 11) is 0. The van der Waals surface area contributed by atoms with Crippen molar-refractivity contribution in [1.29, 1.82) is 0 Å². The van der Waals surface area contributed by atoms with E-state index in [0.29, 0.717) is 11.1 Å². The number of pyridine rings is 2. The van der Waals surface area contributed by atoms with Crippen LogP contribution in [0.1, 0.15) is 27.7 Å². The Balaban J connectivity index is 1.59. The fourth-order valence-electron chi connectivity index (χ4n) is 3.85. The zero-order valence-corrected chi connectivity index (χ0v) is 16.3. The summed E-state index contributed by atoms with van der Waals surface area (Å²) in [6.07, 6.45) is 6.43. The molecule has 0 saturated carbocycles. The number of Topliss-reactive ketones (excluding diaryl/α,β-unsaturated/α-hetero) is 1. The first-order valence-electron chi connectivity index (χ1n) is 9.69. The Morgan fingerprint density at radius 2 is 1.68 bits per heavy atom. The number of fused-ring (bicyclic) bond motifs is 1. The number of para-hydroxylation sites is 1. The highest BCUT2D eigenvalue weighted by Crippen LogP contribution is 2.40. The molecule has 31 heavy (non-hydrogen) atoms. The van der Waals surface area contributed by atoms with Gasteiger partial charge in [-0.25, -0.2) is 0 Å². The molecule has 0 radical (unpaired) electrons. The number of ketones is 1. The number of aromatic nitrogens is 2. The van der Waals surface area contributed by atoms with E-state index in [1.807, 2.05) is 18.2 Å². The van der Waals surface area contributed by atoms with Crippen LogP contribution in [0.4, 0.5) is 0 Å². The van der Waals surface area contributed by atoms with Gasteiger partial charge in [-0.3, -0.25) is 19.6 Å². The van der Waals surface area contributed by atoms with Gasteiger partial charge < -0.3 is 14.4 Å². The van der Waals surface area contributed by atoms with E-state index in [4.69, 9.17) is 4.42 Å². The average molecular weight is 411 g/mol. The highest BCUT2D eigenvalue weighted by atomic mass is 16.3. The molecule has 4 heterocycles. The first kappa shape index (κ1) is 18.7. The fourth-order valence-corrected chi connectivity index (χ4v) is 3.85. The summed E-state index contributed by atoms with van der Waals surface area (Å²) in [5.41, 5.74) is 2.04. The van der Waals surface area contributed by atoms with Gasteiger partial charge in [0, 0.05) is 36.7 Å². The maximum absolute atomic E-state index is 13.4. The molecule has 1 aromatic carbocycles. The lowest BCUT2D eigenvalue weighted by molar-refractivity contribution is -0.130. The number of nitrogens with zero attached hydrogens (tertiary/aromatic N) is 3. The third-order valence-electron chi connectivity index (χ3n) is 5.32. The van der Waals surface area contributed by atoms with Gasteiger partial charge in [0.25, 0.3) is 5.91 Å². The molecule has 3 aromatic heterocycles. The average Bonchev–Trinajstić information content (AvgIpc) is 3.35. The topological polar surface area (TPSA) is 96.5 Å². The van der Waals surface area contributed by atoms with Crippen LogP contribution in [-0.4, -0.2) is 31.7 Å². The lowest BCUT2D eigenvalue weighted by Gasteiger charge is -2.26. The highest BCUT2D eigenvalue weighted by Gasteiger charge is 2.44. The Kier molecular flexibility index (Phi) is 4.55. The van der Waals surface area contributed by atoms with E-state index < -0.39 is 23.5 Å². The van der Waals surface area contributed by atoms with Crippen molar-refractivity contribution in [3.63, 3.8) is 0 Å². The minimum absolute atomic E-state index is 0.00990. The van der Waals surface area contributed by atoms with Crippen LogP contribution in [0, 0.1) is 0 Å². The van der Waals surface area contributed by atoms with Crippen LogP contribution in [-0.2, 0) is 11.3 Å². The van der Waals surface area contributed by atoms with Crippen molar-refractivity contribution >= 4 is 22.7 Å². The number of carbonyl (C=O) groups excluding carboxylic acids is 2. The van der Waals surface area contributed by atoms with Crippen LogP contribution in [0.15, 0.2) is 95.1 Å². The van der Waals surface area contributed by atoms with Crippen molar-refractivity contribution in [2.45, 2.75) is 12.6 Å². The largest absolute Gasteiger partial charge is 0.503 e. The van der Waals surface area contributed by atoms with Crippen LogP contribution >= 0.6 is 0 Å². The monoisotopic (exact) mass is 411 g/mol. The maximum Gasteiger partial charge on any atom is 0.290 e. The van der Waals surface area contributed by atoms with Crippen LogP contribution in [0.25, 0.3) is 11.0 Å². The van der Waals surface area contributed by atoms with Crippen LogP contribution in [0.5, 0.6) is 0 Å². The predicted molar refractivity (Wildman–Crippen MR) is 112 cm³/mol. The number of rotatable bonds is 5. The third-order valence-corrected chi connectivity index (χ3v) is 5.32. The zero-order valence-electron chi connectivity index (χ0n) is 16.3. The van der Waals surface area contributed by atoms with E-state index >= 15 is 0 Å². The summed E-state index contributed by atoms with van der Waals surface area (Å²) in [4.78, 5) is 35.9. The Morgan fingerprint density at radius 3 is 2.39 bits per heavy atom. The number of hydrogen-bond acceptors (Lipinski definition) is 6. The van der Waals surface area contributed by atoms with Crippen molar-refractivity contribution in [1.82, 2.24) is 14.9 Å². The molecule has 4 aromatic rings. The molecule has 7 nitrogen and oxygen atoms in total. The van der Waals surface area contributed by atoms with Crippen molar-refractivity contribution < 1.29 is 19.1 Å². The molecule has 0 aliphatic carbocycles. The second-order valence-electron chi connectivity index (χ2n) is 7.21. The molecule has 1 atom stereocenters. The fraction of sp³-hybridized carbons (Fsp3) is 0.0833. The third kappa shape index (κ3) is 3.26. The number of amides is 1. The molecule has 5 rings (SSSR count). The van der Waals surface area contributed by atoms with Gasteiger partial charge in [0.1, 0.15) is 5.58 Å². The minimum Gasteiger partial charge on any atom is -0.503 e. The molecule has 1 aliphatic rings. The van der Waals surface area contributed by atoms with E-state index in [0.717, 1.165) is 10.9 Å².